The van der Waals surface area contributed by atoms with Crippen molar-refractivity contribution < 1.29 is 4.79 Å². The Labute approximate surface area is 90.1 Å². The van der Waals surface area contributed by atoms with Gasteiger partial charge in [-0.05, 0) is 23.7 Å². The van der Waals surface area contributed by atoms with Crippen LogP contribution in [-0.2, 0) is 17.8 Å². The van der Waals surface area contributed by atoms with Gasteiger partial charge in [0.25, 0.3) is 0 Å². The summed E-state index contributed by atoms with van der Waals surface area (Å²) < 4.78 is 0. The molecule has 3 heteroatoms. The molecule has 0 bridgehead atoms. The summed E-state index contributed by atoms with van der Waals surface area (Å²) in [5, 5.41) is 3.28. The number of amides is 1. The summed E-state index contributed by atoms with van der Waals surface area (Å²) in [7, 11) is 1.83. The minimum atomic E-state index is 0.186. The van der Waals surface area contributed by atoms with Gasteiger partial charge in [-0.2, -0.15) is 0 Å². The van der Waals surface area contributed by atoms with Crippen molar-refractivity contribution in [1.29, 1.82) is 0 Å². The Kier molecular flexibility index (Phi) is 2.73. The SMILES string of the molecule is CCNCc1ccc2c(c1)CC(=O)N2C. The van der Waals surface area contributed by atoms with E-state index in [4.69, 9.17) is 0 Å². The van der Waals surface area contributed by atoms with E-state index >= 15 is 0 Å². The normalized spacial score (nSPS) is 14.5. The molecule has 0 radical (unpaired) electrons. The number of likely N-dealkylation sites (N-methyl/N-ethyl adjacent to an activating group) is 1. The Bertz CT molecular complexity index is 387. The van der Waals surface area contributed by atoms with E-state index in [0.29, 0.717) is 6.42 Å². The fraction of sp³-hybridized carbons (Fsp3) is 0.417. The standard InChI is InChI=1S/C12H16N2O/c1-3-13-8-9-4-5-11-10(6-9)7-12(15)14(11)2/h4-6,13H,3,7-8H2,1-2H3. The zero-order valence-electron chi connectivity index (χ0n) is 9.21. The monoisotopic (exact) mass is 204 g/mol. The van der Waals surface area contributed by atoms with E-state index in [-0.39, 0.29) is 5.91 Å². The van der Waals surface area contributed by atoms with E-state index < -0.39 is 0 Å². The maximum absolute atomic E-state index is 11.5. The Morgan fingerprint density at radius 3 is 3.00 bits per heavy atom. The lowest BCUT2D eigenvalue weighted by atomic mass is 10.1. The van der Waals surface area contributed by atoms with E-state index in [1.165, 1.54) is 5.56 Å². The van der Waals surface area contributed by atoms with Gasteiger partial charge in [-0.25, -0.2) is 0 Å². The predicted octanol–water partition coefficient (Wildman–Crippen LogP) is 1.31. The number of hydrogen-bond donors (Lipinski definition) is 1. The molecular weight excluding hydrogens is 188 g/mol. The molecule has 80 valence electrons. The van der Waals surface area contributed by atoms with Crippen molar-refractivity contribution in [2.75, 3.05) is 18.5 Å². The van der Waals surface area contributed by atoms with Crippen molar-refractivity contribution >= 4 is 11.6 Å². The van der Waals surface area contributed by atoms with Gasteiger partial charge >= 0.3 is 0 Å². The number of carbonyl (C=O) groups excluding carboxylic acids is 1. The molecule has 0 aromatic heterocycles. The highest BCUT2D eigenvalue weighted by atomic mass is 16.2. The van der Waals surface area contributed by atoms with Crippen LogP contribution in [0.3, 0.4) is 0 Å². The summed E-state index contributed by atoms with van der Waals surface area (Å²) in [5.41, 5.74) is 3.46. The smallest absolute Gasteiger partial charge is 0.231 e. The van der Waals surface area contributed by atoms with Gasteiger partial charge in [0.15, 0.2) is 0 Å². The van der Waals surface area contributed by atoms with Crippen LogP contribution in [-0.4, -0.2) is 19.5 Å². The second-order valence-corrected chi connectivity index (χ2v) is 3.87. The van der Waals surface area contributed by atoms with Crippen molar-refractivity contribution in [3.05, 3.63) is 29.3 Å². The van der Waals surface area contributed by atoms with Crippen molar-refractivity contribution in [1.82, 2.24) is 5.32 Å². The van der Waals surface area contributed by atoms with E-state index in [1.807, 2.05) is 13.1 Å². The first kappa shape index (κ1) is 10.2. The maximum atomic E-state index is 11.5. The Hall–Kier alpha value is -1.35. The lowest BCUT2D eigenvalue weighted by Crippen LogP contribution is -2.20. The lowest BCUT2D eigenvalue weighted by Gasteiger charge is -2.10. The van der Waals surface area contributed by atoms with Crippen molar-refractivity contribution in [2.45, 2.75) is 19.9 Å². The van der Waals surface area contributed by atoms with Crippen LogP contribution in [0.1, 0.15) is 18.1 Å². The van der Waals surface area contributed by atoms with Crippen molar-refractivity contribution in [2.24, 2.45) is 0 Å². The van der Waals surface area contributed by atoms with Gasteiger partial charge in [0, 0.05) is 19.3 Å². The molecule has 1 amide bonds. The Morgan fingerprint density at radius 1 is 1.47 bits per heavy atom. The zero-order valence-corrected chi connectivity index (χ0v) is 9.21. The number of nitrogens with zero attached hydrogens (tertiary/aromatic N) is 1. The average molecular weight is 204 g/mol. The molecule has 0 saturated heterocycles. The molecule has 2 rings (SSSR count). The van der Waals surface area contributed by atoms with Crippen LogP contribution >= 0.6 is 0 Å². The molecule has 1 aromatic carbocycles. The van der Waals surface area contributed by atoms with Crippen LogP contribution in [0.25, 0.3) is 0 Å². The molecule has 0 unspecified atom stereocenters. The fourth-order valence-electron chi connectivity index (χ4n) is 1.90. The van der Waals surface area contributed by atoms with Gasteiger partial charge in [-0.3, -0.25) is 4.79 Å². The van der Waals surface area contributed by atoms with E-state index in [0.717, 1.165) is 24.3 Å². The van der Waals surface area contributed by atoms with Gasteiger partial charge in [0.05, 0.1) is 6.42 Å². The average Bonchev–Trinajstić information content (AvgIpc) is 2.52. The van der Waals surface area contributed by atoms with Crippen LogP contribution in [0.4, 0.5) is 5.69 Å². The summed E-state index contributed by atoms with van der Waals surface area (Å²) in [5.74, 6) is 0.186. The van der Waals surface area contributed by atoms with Crippen LogP contribution in [0.15, 0.2) is 18.2 Å². The van der Waals surface area contributed by atoms with E-state index in [1.54, 1.807) is 4.90 Å². The van der Waals surface area contributed by atoms with Gasteiger partial charge in [-0.1, -0.05) is 19.1 Å². The van der Waals surface area contributed by atoms with Gasteiger partial charge in [0.1, 0.15) is 0 Å². The van der Waals surface area contributed by atoms with Crippen molar-refractivity contribution in [3.63, 3.8) is 0 Å². The van der Waals surface area contributed by atoms with Gasteiger partial charge in [0.2, 0.25) is 5.91 Å². The summed E-state index contributed by atoms with van der Waals surface area (Å²) in [6.07, 6.45) is 0.547. The van der Waals surface area contributed by atoms with E-state index in [9.17, 15) is 4.79 Å². The fourth-order valence-corrected chi connectivity index (χ4v) is 1.90. The molecule has 1 heterocycles. The molecule has 0 atom stereocenters. The topological polar surface area (TPSA) is 32.3 Å². The molecule has 0 fully saturated rings. The number of fused-ring (bicyclic) bond motifs is 1. The molecule has 3 nitrogen and oxygen atoms in total. The predicted molar refractivity (Wildman–Crippen MR) is 60.9 cm³/mol. The summed E-state index contributed by atoms with van der Waals surface area (Å²) in [6.45, 7) is 3.93. The maximum Gasteiger partial charge on any atom is 0.231 e. The van der Waals surface area contributed by atoms with Crippen LogP contribution in [0.5, 0.6) is 0 Å². The number of carbonyl (C=O) groups is 1. The first-order valence-corrected chi connectivity index (χ1v) is 5.31. The van der Waals surface area contributed by atoms with E-state index in [2.05, 4.69) is 24.4 Å². The molecule has 1 N–H and O–H groups in total. The highest BCUT2D eigenvalue weighted by molar-refractivity contribution is 6.00. The second kappa shape index (κ2) is 4.03. The number of rotatable bonds is 3. The van der Waals surface area contributed by atoms with Crippen LogP contribution in [0.2, 0.25) is 0 Å². The number of nitrogens with one attached hydrogen (secondary N) is 1. The number of anilines is 1. The molecule has 1 aromatic rings. The highest BCUT2D eigenvalue weighted by Crippen LogP contribution is 2.28. The second-order valence-electron chi connectivity index (χ2n) is 3.87. The summed E-state index contributed by atoms with van der Waals surface area (Å²) in [6, 6.07) is 6.24. The van der Waals surface area contributed by atoms with Gasteiger partial charge < -0.3 is 10.2 Å². The highest BCUT2D eigenvalue weighted by Gasteiger charge is 2.23. The zero-order chi connectivity index (χ0) is 10.8. The first-order valence-electron chi connectivity index (χ1n) is 5.31. The molecule has 1 aliphatic rings. The minimum Gasteiger partial charge on any atom is -0.315 e. The molecule has 15 heavy (non-hydrogen) atoms. The molecule has 0 saturated carbocycles. The molecule has 1 aliphatic heterocycles. The minimum absolute atomic E-state index is 0.186. The molecule has 0 spiro atoms. The van der Waals surface area contributed by atoms with Crippen LogP contribution in [0, 0.1) is 0 Å². The summed E-state index contributed by atoms with van der Waals surface area (Å²) >= 11 is 0. The number of benzene rings is 1. The lowest BCUT2D eigenvalue weighted by molar-refractivity contribution is -0.117. The van der Waals surface area contributed by atoms with Crippen LogP contribution < -0.4 is 10.2 Å². The molecular formula is C12H16N2O. The Balaban J connectivity index is 2.22. The largest absolute Gasteiger partial charge is 0.315 e. The Morgan fingerprint density at radius 2 is 2.27 bits per heavy atom. The first-order chi connectivity index (χ1) is 7.22. The number of hydrogen-bond acceptors (Lipinski definition) is 2. The van der Waals surface area contributed by atoms with Gasteiger partial charge in [-0.15, -0.1) is 0 Å². The summed E-state index contributed by atoms with van der Waals surface area (Å²) in [4.78, 5) is 13.2. The molecule has 0 aliphatic carbocycles. The third kappa shape index (κ3) is 1.88. The van der Waals surface area contributed by atoms with Crippen molar-refractivity contribution in [3.8, 4) is 0 Å². The third-order valence-corrected chi connectivity index (χ3v) is 2.80. The quantitative estimate of drug-likeness (QED) is 0.805. The third-order valence-electron chi connectivity index (χ3n) is 2.80.